The van der Waals surface area contributed by atoms with Crippen molar-refractivity contribution < 1.29 is 19.1 Å². The van der Waals surface area contributed by atoms with Gasteiger partial charge in [-0.3, -0.25) is 0 Å². The molecule has 6 nitrogen and oxygen atoms in total. The lowest BCUT2D eigenvalue weighted by Gasteiger charge is -2.46. The summed E-state index contributed by atoms with van der Waals surface area (Å²) in [6.07, 6.45) is 2.55. The summed E-state index contributed by atoms with van der Waals surface area (Å²) in [5, 5.41) is 10.9. The molecule has 46 heavy (non-hydrogen) atoms. The summed E-state index contributed by atoms with van der Waals surface area (Å²) in [7, 11) is 0. The highest BCUT2D eigenvalue weighted by Gasteiger charge is 2.41. The van der Waals surface area contributed by atoms with Gasteiger partial charge in [-0.1, -0.05) is 48.5 Å². The highest BCUT2D eigenvalue weighted by atomic mass is 16.5. The van der Waals surface area contributed by atoms with Gasteiger partial charge in [-0.15, -0.1) is 0 Å². The minimum atomic E-state index is -0.326. The van der Waals surface area contributed by atoms with Gasteiger partial charge in [0.1, 0.15) is 12.2 Å². The molecule has 0 aliphatic carbocycles. The third-order valence-electron chi connectivity index (χ3n) is 9.35. The highest BCUT2D eigenvalue weighted by Crippen LogP contribution is 2.36. The number of carbonyl (C=O) groups is 2. The molecule has 0 amide bonds. The van der Waals surface area contributed by atoms with Crippen LogP contribution in [0.5, 0.6) is 0 Å². The Morgan fingerprint density at radius 2 is 0.870 bits per heavy atom. The predicted octanol–water partition coefficient (Wildman–Crippen LogP) is 8.59. The molecule has 6 heteroatoms. The zero-order valence-corrected chi connectivity index (χ0v) is 28.5. The normalized spacial score (nSPS) is 20.8. The summed E-state index contributed by atoms with van der Waals surface area (Å²) < 4.78 is 12.5. The summed E-state index contributed by atoms with van der Waals surface area (Å²) >= 11 is 0. The van der Waals surface area contributed by atoms with Gasteiger partial charge in [0.05, 0.1) is 11.1 Å². The van der Waals surface area contributed by atoms with E-state index in [1.807, 2.05) is 60.7 Å². The van der Waals surface area contributed by atoms with Gasteiger partial charge in [-0.2, -0.15) is 0 Å². The fraction of sp³-hybridized carbons (Fsp3) is 0.450. The molecule has 242 valence electrons. The number of hydrogen-bond donors (Lipinski definition) is 2. The second-order valence-corrected chi connectivity index (χ2v) is 16.1. The number of hydrogen-bond acceptors (Lipinski definition) is 6. The van der Waals surface area contributed by atoms with Crippen LogP contribution in [0.3, 0.4) is 0 Å². The average Bonchev–Trinajstić information content (AvgIpc) is 2.92. The number of piperidine rings is 2. The van der Waals surface area contributed by atoms with Crippen LogP contribution in [-0.2, 0) is 9.47 Å². The van der Waals surface area contributed by atoms with Crippen LogP contribution >= 0.6 is 0 Å². The van der Waals surface area contributed by atoms with Crippen molar-refractivity contribution in [2.24, 2.45) is 0 Å². The molecule has 2 saturated heterocycles. The summed E-state index contributed by atoms with van der Waals surface area (Å²) in [4.78, 5) is 27.8. The Morgan fingerprint density at radius 1 is 0.543 bits per heavy atom. The molecule has 2 aliphatic heterocycles. The Hall–Kier alpha value is -3.74. The van der Waals surface area contributed by atoms with Gasteiger partial charge in [0, 0.05) is 47.8 Å². The first kappa shape index (κ1) is 32.2. The van der Waals surface area contributed by atoms with Gasteiger partial charge in [-0.25, -0.2) is 9.59 Å². The van der Waals surface area contributed by atoms with Crippen LogP contribution in [0.2, 0.25) is 0 Å². The fourth-order valence-corrected chi connectivity index (χ4v) is 8.35. The molecule has 2 N–H and O–H groups in total. The van der Waals surface area contributed by atoms with Crippen LogP contribution in [-0.4, -0.2) is 46.3 Å². The zero-order chi connectivity index (χ0) is 33.1. The Labute approximate surface area is 273 Å². The van der Waals surface area contributed by atoms with Gasteiger partial charge in [0.2, 0.25) is 0 Å². The maximum absolute atomic E-state index is 13.9. The monoisotopic (exact) mass is 620 g/mol. The Kier molecular flexibility index (Phi) is 8.05. The molecule has 0 bridgehead atoms. The average molecular weight is 621 g/mol. The Balaban J connectivity index is 1.38. The van der Waals surface area contributed by atoms with Crippen LogP contribution in [0.15, 0.2) is 72.8 Å². The number of benzene rings is 4. The van der Waals surface area contributed by atoms with E-state index in [-0.39, 0.29) is 46.3 Å². The molecule has 0 unspecified atom stereocenters. The SMILES string of the molecule is CC1(C)CC(OC(=O)c2cc(-c3cc(C(=O)OC4CC(C)(C)NC(C)(C)C4)c4ccccc4c3)cc3ccccc23)CC(C)(C)N1. The van der Waals surface area contributed by atoms with Crippen LogP contribution in [0.25, 0.3) is 32.7 Å². The fourth-order valence-electron chi connectivity index (χ4n) is 8.35. The molecule has 4 aromatic carbocycles. The maximum Gasteiger partial charge on any atom is 0.339 e. The summed E-state index contributed by atoms with van der Waals surface area (Å²) in [5.41, 5.74) is 2.16. The highest BCUT2D eigenvalue weighted by molar-refractivity contribution is 6.09. The topological polar surface area (TPSA) is 76.7 Å². The molecule has 0 aromatic heterocycles. The van der Waals surface area contributed by atoms with Gasteiger partial charge >= 0.3 is 11.9 Å². The van der Waals surface area contributed by atoms with Crippen molar-refractivity contribution in [3.63, 3.8) is 0 Å². The molecule has 0 radical (unpaired) electrons. The molecule has 6 rings (SSSR count). The second-order valence-electron chi connectivity index (χ2n) is 16.1. The molecule has 2 aliphatic rings. The van der Waals surface area contributed by atoms with Crippen LogP contribution in [0.4, 0.5) is 0 Å². The van der Waals surface area contributed by atoms with Gasteiger partial charge in [0.15, 0.2) is 0 Å². The van der Waals surface area contributed by atoms with E-state index in [0.717, 1.165) is 58.4 Å². The maximum atomic E-state index is 13.9. The van der Waals surface area contributed by atoms with E-state index in [1.165, 1.54) is 0 Å². The van der Waals surface area contributed by atoms with Gasteiger partial charge in [0.25, 0.3) is 0 Å². The number of ether oxygens (including phenoxy) is 2. The van der Waals surface area contributed by atoms with E-state index < -0.39 is 0 Å². The van der Waals surface area contributed by atoms with E-state index in [4.69, 9.17) is 9.47 Å². The lowest BCUT2D eigenvalue weighted by atomic mass is 9.81. The Bertz CT molecular complexity index is 1650. The van der Waals surface area contributed by atoms with Crippen molar-refractivity contribution in [2.75, 3.05) is 0 Å². The standard InChI is InChI=1S/C40H48N2O4/c1-37(2)21-29(22-38(3,4)41-37)45-35(43)33-19-27(17-25-13-9-11-15-31(25)33)28-18-26-14-10-12-16-32(26)34(20-28)36(44)46-30-23-39(5,6)42-40(7,8)24-30/h9-20,29-30,41-42H,21-24H2,1-8H3. The minimum Gasteiger partial charge on any atom is -0.459 e. The number of esters is 2. The first-order valence-corrected chi connectivity index (χ1v) is 16.5. The smallest absolute Gasteiger partial charge is 0.339 e. The molecule has 0 spiro atoms. The molecule has 0 atom stereocenters. The first-order chi connectivity index (χ1) is 21.5. The second kappa shape index (κ2) is 11.5. The van der Waals surface area contributed by atoms with Crippen LogP contribution in [0, 0.1) is 0 Å². The van der Waals surface area contributed by atoms with Crippen LogP contribution < -0.4 is 10.6 Å². The van der Waals surface area contributed by atoms with Crippen LogP contribution in [0.1, 0.15) is 102 Å². The molecule has 2 fully saturated rings. The van der Waals surface area contributed by atoms with Crippen molar-refractivity contribution in [2.45, 2.75) is 115 Å². The minimum absolute atomic E-state index is 0.146. The number of carbonyl (C=O) groups excluding carboxylic acids is 2. The Morgan fingerprint density at radius 3 is 1.22 bits per heavy atom. The summed E-state index contributed by atoms with van der Waals surface area (Å²) in [5.74, 6) is -0.652. The molecular formula is C40H48N2O4. The van der Waals surface area contributed by atoms with E-state index >= 15 is 0 Å². The summed E-state index contributed by atoms with van der Waals surface area (Å²) in [6.45, 7) is 17.2. The number of rotatable bonds is 5. The van der Waals surface area contributed by atoms with Gasteiger partial charge < -0.3 is 20.1 Å². The predicted molar refractivity (Wildman–Crippen MR) is 186 cm³/mol. The largest absolute Gasteiger partial charge is 0.459 e. The molecule has 4 aromatic rings. The molecule has 0 saturated carbocycles. The third-order valence-corrected chi connectivity index (χ3v) is 9.35. The lowest BCUT2D eigenvalue weighted by molar-refractivity contribution is -0.00749. The van der Waals surface area contributed by atoms with Crippen molar-refractivity contribution in [3.05, 3.63) is 83.9 Å². The van der Waals surface area contributed by atoms with E-state index in [1.54, 1.807) is 0 Å². The van der Waals surface area contributed by atoms with Gasteiger partial charge in [-0.05, 0) is 112 Å². The quantitative estimate of drug-likeness (QED) is 0.218. The van der Waals surface area contributed by atoms with E-state index in [0.29, 0.717) is 11.1 Å². The van der Waals surface area contributed by atoms with Crippen molar-refractivity contribution >= 4 is 33.5 Å². The number of fused-ring (bicyclic) bond motifs is 2. The summed E-state index contributed by atoms with van der Waals surface area (Å²) in [6, 6.07) is 23.8. The van der Waals surface area contributed by atoms with E-state index in [2.05, 4.69) is 78.2 Å². The number of nitrogens with one attached hydrogen (secondary N) is 2. The first-order valence-electron chi connectivity index (χ1n) is 16.5. The third kappa shape index (κ3) is 6.98. The van der Waals surface area contributed by atoms with Crippen molar-refractivity contribution in [1.29, 1.82) is 0 Å². The van der Waals surface area contributed by atoms with Crippen molar-refractivity contribution in [3.8, 4) is 11.1 Å². The van der Waals surface area contributed by atoms with Crippen molar-refractivity contribution in [1.82, 2.24) is 10.6 Å². The van der Waals surface area contributed by atoms with E-state index in [9.17, 15) is 9.59 Å². The zero-order valence-electron chi connectivity index (χ0n) is 28.5. The molecule has 2 heterocycles. The lowest BCUT2D eigenvalue weighted by Crippen LogP contribution is -2.59. The molecular weight excluding hydrogens is 572 g/mol.